The second-order valence-electron chi connectivity index (χ2n) is 9.92. The molecule has 0 radical (unpaired) electrons. The van der Waals surface area contributed by atoms with Gasteiger partial charge in [0.25, 0.3) is 0 Å². The number of para-hydroxylation sites is 2. The fourth-order valence-electron chi connectivity index (χ4n) is 4.54. The van der Waals surface area contributed by atoms with E-state index in [1.54, 1.807) is 25.1 Å². The normalized spacial score (nSPS) is 11.4. The molecular formula is C31H33NO6. The summed E-state index contributed by atoms with van der Waals surface area (Å²) in [6.07, 6.45) is 0.0815. The van der Waals surface area contributed by atoms with Gasteiger partial charge in [-0.05, 0) is 36.1 Å². The summed E-state index contributed by atoms with van der Waals surface area (Å²) in [6, 6.07) is 20.1. The molecule has 2 N–H and O–H groups in total. The van der Waals surface area contributed by atoms with Crippen LogP contribution in [0.4, 0.5) is 0 Å². The average Bonchev–Trinajstić information content (AvgIpc) is 3.26. The summed E-state index contributed by atoms with van der Waals surface area (Å²) in [6.45, 7) is 8.58. The number of carbonyl (C=O) groups excluding carboxylic acids is 2. The number of hydrogen-bond acceptors (Lipinski definition) is 7. The first-order valence-corrected chi connectivity index (χ1v) is 12.6. The van der Waals surface area contributed by atoms with E-state index in [9.17, 15) is 9.59 Å². The molecule has 0 atom stereocenters. The van der Waals surface area contributed by atoms with Gasteiger partial charge in [0.2, 0.25) is 5.76 Å². The van der Waals surface area contributed by atoms with E-state index in [-0.39, 0.29) is 30.2 Å². The van der Waals surface area contributed by atoms with Crippen molar-refractivity contribution >= 4 is 22.9 Å². The Hall–Kier alpha value is -4.10. The van der Waals surface area contributed by atoms with Crippen molar-refractivity contribution in [2.24, 2.45) is 5.73 Å². The minimum absolute atomic E-state index is 0.0379. The van der Waals surface area contributed by atoms with Gasteiger partial charge in [0, 0.05) is 23.1 Å². The van der Waals surface area contributed by atoms with E-state index in [1.807, 2.05) is 69.3 Å². The maximum Gasteiger partial charge on any atom is 0.380 e. The first-order chi connectivity index (χ1) is 18.2. The average molecular weight is 516 g/mol. The standard InChI is InChI=1S/C31H33NO6/c1-5-35-27(33)17-20-11-6-8-14-24(20)36-19-23-22-13-7-9-15-25(22)37-29(23)30(34)38-26-16-10-12-21(18-32)28(26)31(2,3)4/h6-16H,5,17-19,32H2,1-4H3. The summed E-state index contributed by atoms with van der Waals surface area (Å²) < 4.78 is 23.1. The Morgan fingerprint density at radius 1 is 0.895 bits per heavy atom. The van der Waals surface area contributed by atoms with Crippen LogP contribution in [0.3, 0.4) is 0 Å². The summed E-state index contributed by atoms with van der Waals surface area (Å²) in [5.74, 6) is 0.0654. The molecule has 0 amide bonds. The minimum atomic E-state index is -0.626. The molecule has 0 aliphatic heterocycles. The van der Waals surface area contributed by atoms with E-state index >= 15 is 0 Å². The van der Waals surface area contributed by atoms with Crippen LogP contribution in [0.25, 0.3) is 11.0 Å². The maximum atomic E-state index is 13.5. The Morgan fingerprint density at radius 3 is 2.32 bits per heavy atom. The highest BCUT2D eigenvalue weighted by molar-refractivity contribution is 5.97. The second kappa shape index (κ2) is 11.5. The summed E-state index contributed by atoms with van der Waals surface area (Å²) in [4.78, 5) is 25.6. The van der Waals surface area contributed by atoms with Crippen molar-refractivity contribution in [2.75, 3.05) is 6.61 Å². The lowest BCUT2D eigenvalue weighted by molar-refractivity contribution is -0.142. The van der Waals surface area contributed by atoms with Crippen LogP contribution < -0.4 is 15.2 Å². The number of furan rings is 1. The van der Waals surface area contributed by atoms with Crippen molar-refractivity contribution in [2.45, 2.75) is 52.7 Å². The number of rotatable bonds is 9. The summed E-state index contributed by atoms with van der Waals surface area (Å²) in [5, 5.41) is 0.745. The van der Waals surface area contributed by atoms with Gasteiger partial charge in [-0.1, -0.05) is 69.3 Å². The highest BCUT2D eigenvalue weighted by Crippen LogP contribution is 2.36. The zero-order valence-corrected chi connectivity index (χ0v) is 22.2. The predicted molar refractivity (Wildman–Crippen MR) is 145 cm³/mol. The van der Waals surface area contributed by atoms with Gasteiger partial charge in [-0.25, -0.2) is 4.79 Å². The number of esters is 2. The molecule has 0 unspecified atom stereocenters. The van der Waals surface area contributed by atoms with E-state index in [1.165, 1.54) is 0 Å². The molecule has 0 aliphatic rings. The van der Waals surface area contributed by atoms with Gasteiger partial charge in [-0.2, -0.15) is 0 Å². The van der Waals surface area contributed by atoms with Crippen molar-refractivity contribution in [3.8, 4) is 11.5 Å². The van der Waals surface area contributed by atoms with E-state index in [0.717, 1.165) is 16.5 Å². The number of nitrogens with two attached hydrogens (primary N) is 1. The van der Waals surface area contributed by atoms with E-state index in [4.69, 9.17) is 24.4 Å². The van der Waals surface area contributed by atoms with Crippen LogP contribution in [0.2, 0.25) is 0 Å². The van der Waals surface area contributed by atoms with Crippen molar-refractivity contribution in [1.29, 1.82) is 0 Å². The van der Waals surface area contributed by atoms with Crippen LogP contribution >= 0.6 is 0 Å². The van der Waals surface area contributed by atoms with Crippen LogP contribution in [0.15, 0.2) is 71.1 Å². The fourth-order valence-corrected chi connectivity index (χ4v) is 4.54. The third-order valence-corrected chi connectivity index (χ3v) is 6.15. The summed E-state index contributed by atoms with van der Waals surface area (Å²) in [5.41, 5.74) is 9.27. The molecular weight excluding hydrogens is 482 g/mol. The van der Waals surface area contributed by atoms with Crippen LogP contribution in [-0.4, -0.2) is 18.5 Å². The molecule has 38 heavy (non-hydrogen) atoms. The molecule has 4 rings (SSSR count). The zero-order valence-electron chi connectivity index (χ0n) is 22.2. The Labute approximate surface area is 222 Å². The fraction of sp³-hybridized carbons (Fsp3) is 0.290. The zero-order chi connectivity index (χ0) is 27.3. The van der Waals surface area contributed by atoms with Gasteiger partial charge in [-0.15, -0.1) is 0 Å². The lowest BCUT2D eigenvalue weighted by atomic mass is 9.83. The van der Waals surface area contributed by atoms with Gasteiger partial charge in [0.15, 0.2) is 0 Å². The lowest BCUT2D eigenvalue weighted by Crippen LogP contribution is -2.20. The Morgan fingerprint density at radius 2 is 1.58 bits per heavy atom. The van der Waals surface area contributed by atoms with Crippen molar-refractivity contribution in [3.63, 3.8) is 0 Å². The summed E-state index contributed by atoms with van der Waals surface area (Å²) in [7, 11) is 0. The molecule has 7 heteroatoms. The quantitative estimate of drug-likeness (QED) is 0.212. The topological polar surface area (TPSA) is 101 Å². The number of ether oxygens (including phenoxy) is 3. The molecule has 4 aromatic rings. The van der Waals surface area contributed by atoms with Crippen LogP contribution in [0, 0.1) is 0 Å². The first-order valence-electron chi connectivity index (χ1n) is 12.6. The molecule has 0 saturated carbocycles. The molecule has 1 heterocycles. The van der Waals surface area contributed by atoms with Crippen molar-refractivity contribution in [3.05, 3.63) is 94.7 Å². The van der Waals surface area contributed by atoms with Crippen molar-refractivity contribution in [1.82, 2.24) is 0 Å². The van der Waals surface area contributed by atoms with Crippen molar-refractivity contribution < 1.29 is 28.2 Å². The van der Waals surface area contributed by atoms with Gasteiger partial charge in [-0.3, -0.25) is 4.79 Å². The lowest BCUT2D eigenvalue weighted by Gasteiger charge is -2.25. The third kappa shape index (κ3) is 5.89. The van der Waals surface area contributed by atoms with Crippen LogP contribution in [0.5, 0.6) is 11.5 Å². The second-order valence-corrected chi connectivity index (χ2v) is 9.92. The molecule has 0 spiro atoms. The SMILES string of the molecule is CCOC(=O)Cc1ccccc1OCc1c(C(=O)Oc2cccc(CN)c2C(C)(C)C)oc2ccccc12. The highest BCUT2D eigenvalue weighted by Gasteiger charge is 2.27. The van der Waals surface area contributed by atoms with Gasteiger partial charge < -0.3 is 24.4 Å². The smallest absolute Gasteiger partial charge is 0.380 e. The molecule has 3 aromatic carbocycles. The first kappa shape index (κ1) is 26.9. The number of benzene rings is 3. The minimum Gasteiger partial charge on any atom is -0.488 e. The van der Waals surface area contributed by atoms with Crippen LogP contribution in [0.1, 0.15) is 60.5 Å². The highest BCUT2D eigenvalue weighted by atomic mass is 16.5. The summed E-state index contributed by atoms with van der Waals surface area (Å²) >= 11 is 0. The van der Waals surface area contributed by atoms with Gasteiger partial charge in [0.1, 0.15) is 23.7 Å². The third-order valence-electron chi connectivity index (χ3n) is 6.15. The van der Waals surface area contributed by atoms with E-state index < -0.39 is 5.97 Å². The van der Waals surface area contributed by atoms with Gasteiger partial charge in [0.05, 0.1) is 18.6 Å². The molecule has 0 aliphatic carbocycles. The predicted octanol–water partition coefficient (Wildman–Crippen LogP) is 6.09. The molecule has 7 nitrogen and oxygen atoms in total. The molecule has 0 saturated heterocycles. The Balaban J connectivity index is 1.66. The number of fused-ring (bicyclic) bond motifs is 1. The van der Waals surface area contributed by atoms with Gasteiger partial charge >= 0.3 is 11.9 Å². The Kier molecular flexibility index (Phi) is 8.17. The molecule has 0 fully saturated rings. The maximum absolute atomic E-state index is 13.5. The monoisotopic (exact) mass is 515 g/mol. The Bertz CT molecular complexity index is 1450. The number of hydrogen-bond donors (Lipinski definition) is 1. The van der Waals surface area contributed by atoms with E-state index in [2.05, 4.69) is 0 Å². The van der Waals surface area contributed by atoms with Crippen LogP contribution in [-0.2, 0) is 34.5 Å². The number of carbonyl (C=O) groups is 2. The van der Waals surface area contributed by atoms with E-state index in [0.29, 0.717) is 41.4 Å². The largest absolute Gasteiger partial charge is 0.488 e. The molecule has 1 aromatic heterocycles. The molecule has 198 valence electrons. The molecule has 0 bridgehead atoms.